The number of aromatic hydroxyl groups is 1. The van der Waals surface area contributed by atoms with Gasteiger partial charge in [0.15, 0.2) is 0 Å². The van der Waals surface area contributed by atoms with Crippen molar-refractivity contribution in [3.8, 4) is 5.88 Å². The molecule has 0 radical (unpaired) electrons. The van der Waals surface area contributed by atoms with Crippen molar-refractivity contribution in [1.82, 2.24) is 10.3 Å². The fourth-order valence-electron chi connectivity index (χ4n) is 3.44. The third-order valence-electron chi connectivity index (χ3n) is 5.18. The highest BCUT2D eigenvalue weighted by Gasteiger charge is 2.41. The van der Waals surface area contributed by atoms with Gasteiger partial charge < -0.3 is 15.7 Å². The van der Waals surface area contributed by atoms with E-state index in [2.05, 4.69) is 20.6 Å². The molecule has 1 saturated carbocycles. The lowest BCUT2D eigenvalue weighted by Gasteiger charge is -2.31. The van der Waals surface area contributed by atoms with Crippen molar-refractivity contribution in [2.75, 3.05) is 5.32 Å². The molecule has 0 spiro atoms. The number of pyridine rings is 1. The van der Waals surface area contributed by atoms with Crippen molar-refractivity contribution < 1.29 is 36.2 Å². The lowest BCUT2D eigenvalue weighted by Crippen LogP contribution is -2.43. The first-order valence-corrected chi connectivity index (χ1v) is 9.98. The van der Waals surface area contributed by atoms with E-state index in [4.69, 9.17) is 0 Å². The Kier molecular flexibility index (Phi) is 7.13. The van der Waals surface area contributed by atoms with E-state index in [-0.39, 0.29) is 48.9 Å². The number of hydrogen-bond donors (Lipinski definition) is 3. The van der Waals surface area contributed by atoms with E-state index < -0.39 is 35.8 Å². The minimum Gasteiger partial charge on any atom is -0.493 e. The number of hydrogen-bond acceptors (Lipinski definition) is 3. The van der Waals surface area contributed by atoms with E-state index in [1.807, 2.05) is 0 Å². The highest BCUT2D eigenvalue weighted by molar-refractivity contribution is 6.06. The topological polar surface area (TPSA) is 86.6 Å². The Morgan fingerprint density at radius 2 is 1.61 bits per heavy atom. The molecule has 3 N–H and O–H groups in total. The second-order valence-electron chi connectivity index (χ2n) is 7.58. The molecule has 1 aromatic heterocycles. The number of nitrogens with one attached hydrogen (secondary N) is 2. The van der Waals surface area contributed by atoms with Crippen molar-refractivity contribution in [3.05, 3.63) is 53.6 Å². The molecule has 33 heavy (non-hydrogen) atoms. The van der Waals surface area contributed by atoms with Gasteiger partial charge in [-0.3, -0.25) is 4.79 Å². The summed E-state index contributed by atoms with van der Waals surface area (Å²) in [6.45, 7) is 0. The first-order valence-electron chi connectivity index (χ1n) is 9.98. The quantitative estimate of drug-likeness (QED) is 0.327. The number of nitrogens with zero attached hydrogens (tertiary/aromatic N) is 2. The minimum absolute atomic E-state index is 0.0916. The van der Waals surface area contributed by atoms with Crippen LogP contribution in [-0.2, 0) is 6.18 Å². The third kappa shape index (κ3) is 6.83. The Labute approximate surface area is 184 Å². The largest absolute Gasteiger partial charge is 0.493 e. The van der Waals surface area contributed by atoms with E-state index >= 15 is 0 Å². The van der Waals surface area contributed by atoms with Crippen molar-refractivity contribution in [2.24, 2.45) is 10.9 Å². The number of halogens is 6. The molecule has 1 heterocycles. The standard InChI is InChI=1S/C21H20F6N4O2/c22-20(23,24)13-6-4-12(5-7-13)18(33)31-19(30-16-2-1-3-17(32)29-16)28-15-10-8-14(9-11-15)21(25,26)27/h1-7,14-15H,8-11H2,(H3,28,29,30,31,32,33). The lowest BCUT2D eigenvalue weighted by atomic mass is 9.85. The van der Waals surface area contributed by atoms with Crippen LogP contribution in [0.2, 0.25) is 0 Å². The van der Waals surface area contributed by atoms with Gasteiger partial charge in [0.25, 0.3) is 5.91 Å². The number of aromatic nitrogens is 1. The number of benzene rings is 1. The fourth-order valence-corrected chi connectivity index (χ4v) is 3.44. The first-order chi connectivity index (χ1) is 15.4. The molecule has 12 heteroatoms. The van der Waals surface area contributed by atoms with Crippen LogP contribution in [0.5, 0.6) is 5.88 Å². The average Bonchev–Trinajstić information content (AvgIpc) is 2.73. The zero-order valence-electron chi connectivity index (χ0n) is 17.0. The predicted octanol–water partition coefficient (Wildman–Crippen LogP) is 5.13. The molecule has 0 atom stereocenters. The monoisotopic (exact) mass is 474 g/mol. The maximum absolute atomic E-state index is 12.9. The van der Waals surface area contributed by atoms with Crippen molar-refractivity contribution in [3.63, 3.8) is 0 Å². The number of anilines is 1. The van der Waals surface area contributed by atoms with Crippen LogP contribution in [0.15, 0.2) is 47.5 Å². The van der Waals surface area contributed by atoms with Gasteiger partial charge in [0.05, 0.1) is 11.5 Å². The summed E-state index contributed by atoms with van der Waals surface area (Å²) in [7, 11) is 0. The van der Waals surface area contributed by atoms with Crippen LogP contribution in [0, 0.1) is 5.92 Å². The van der Waals surface area contributed by atoms with Gasteiger partial charge in [-0.25, -0.2) is 0 Å². The van der Waals surface area contributed by atoms with Crippen LogP contribution in [0.1, 0.15) is 41.6 Å². The van der Waals surface area contributed by atoms with Crippen LogP contribution in [0.4, 0.5) is 32.2 Å². The summed E-state index contributed by atoms with van der Waals surface area (Å²) in [5.41, 5.74) is -1.04. The van der Waals surface area contributed by atoms with Gasteiger partial charge in [0, 0.05) is 17.7 Å². The van der Waals surface area contributed by atoms with Gasteiger partial charge in [-0.1, -0.05) is 6.07 Å². The molecule has 1 aromatic carbocycles. The highest BCUT2D eigenvalue weighted by atomic mass is 19.4. The molecule has 1 aliphatic rings. The molecular formula is C21H20F6N4O2. The second kappa shape index (κ2) is 9.67. The Morgan fingerprint density at radius 3 is 2.15 bits per heavy atom. The molecule has 0 saturated heterocycles. The third-order valence-corrected chi connectivity index (χ3v) is 5.18. The van der Waals surface area contributed by atoms with E-state index in [1.165, 1.54) is 18.2 Å². The van der Waals surface area contributed by atoms with E-state index in [9.17, 15) is 36.2 Å². The Bertz CT molecular complexity index is 997. The maximum atomic E-state index is 12.9. The minimum atomic E-state index is -4.56. The van der Waals surface area contributed by atoms with E-state index in [1.54, 1.807) is 0 Å². The summed E-state index contributed by atoms with van der Waals surface area (Å²) in [6.07, 6.45) is -8.67. The predicted molar refractivity (Wildman–Crippen MR) is 108 cm³/mol. The molecule has 1 aliphatic carbocycles. The first kappa shape index (κ1) is 24.3. The number of aliphatic imine (C=N–C) groups is 1. The van der Waals surface area contributed by atoms with Crippen molar-refractivity contribution >= 4 is 17.7 Å². The molecule has 0 bridgehead atoms. The number of amides is 1. The molecule has 6 nitrogen and oxygen atoms in total. The summed E-state index contributed by atoms with van der Waals surface area (Å²) in [6, 6.07) is 7.26. The van der Waals surface area contributed by atoms with E-state index in [0.29, 0.717) is 0 Å². The number of rotatable bonds is 3. The van der Waals surface area contributed by atoms with Crippen molar-refractivity contribution in [2.45, 2.75) is 44.1 Å². The van der Waals surface area contributed by atoms with Gasteiger partial charge in [-0.05, 0) is 56.0 Å². The van der Waals surface area contributed by atoms with Crippen LogP contribution < -0.4 is 10.6 Å². The Hall–Kier alpha value is -3.31. The zero-order valence-corrected chi connectivity index (χ0v) is 17.0. The van der Waals surface area contributed by atoms with Gasteiger partial charge in [0.1, 0.15) is 5.82 Å². The lowest BCUT2D eigenvalue weighted by molar-refractivity contribution is -0.182. The Balaban J connectivity index is 1.78. The SMILES string of the molecule is O=C(/N=C(\Nc1cccc(O)n1)NC1CCC(C(F)(F)F)CC1)c1ccc(C(F)(F)F)cc1. The number of guanidine groups is 1. The van der Waals surface area contributed by atoms with Gasteiger partial charge in [0.2, 0.25) is 11.8 Å². The summed E-state index contributed by atoms with van der Waals surface area (Å²) in [5.74, 6) is -2.63. The number of carbonyl (C=O) groups excluding carboxylic acids is 1. The van der Waals surface area contributed by atoms with Crippen LogP contribution in [0.25, 0.3) is 0 Å². The van der Waals surface area contributed by atoms with Crippen LogP contribution >= 0.6 is 0 Å². The summed E-state index contributed by atoms with van der Waals surface area (Å²) in [5, 5.41) is 15.1. The fraction of sp³-hybridized carbons (Fsp3) is 0.381. The zero-order chi connectivity index (χ0) is 24.2. The van der Waals surface area contributed by atoms with Crippen LogP contribution in [-0.4, -0.2) is 34.2 Å². The molecule has 3 rings (SSSR count). The average molecular weight is 474 g/mol. The van der Waals surface area contributed by atoms with Crippen molar-refractivity contribution in [1.29, 1.82) is 0 Å². The highest BCUT2D eigenvalue weighted by Crippen LogP contribution is 2.37. The maximum Gasteiger partial charge on any atom is 0.416 e. The molecule has 2 aromatic rings. The molecule has 0 unspecified atom stereocenters. The molecule has 1 amide bonds. The normalized spacial score (nSPS) is 19.8. The summed E-state index contributed by atoms with van der Waals surface area (Å²) < 4.78 is 77.0. The number of carbonyl (C=O) groups is 1. The molecule has 178 valence electrons. The smallest absolute Gasteiger partial charge is 0.416 e. The van der Waals surface area contributed by atoms with E-state index in [0.717, 1.165) is 24.3 Å². The van der Waals surface area contributed by atoms with Gasteiger partial charge in [-0.2, -0.15) is 36.3 Å². The van der Waals surface area contributed by atoms with Gasteiger partial charge >= 0.3 is 12.4 Å². The molecule has 1 fully saturated rings. The summed E-state index contributed by atoms with van der Waals surface area (Å²) >= 11 is 0. The van der Waals surface area contributed by atoms with Crippen LogP contribution in [0.3, 0.4) is 0 Å². The second-order valence-corrected chi connectivity index (χ2v) is 7.58. The molecular weight excluding hydrogens is 454 g/mol. The number of alkyl halides is 6. The Morgan fingerprint density at radius 1 is 0.970 bits per heavy atom. The summed E-state index contributed by atoms with van der Waals surface area (Å²) in [4.78, 5) is 20.2. The van der Waals surface area contributed by atoms with Gasteiger partial charge in [-0.15, -0.1) is 0 Å². The molecule has 0 aliphatic heterocycles.